The zero-order valence-electron chi connectivity index (χ0n) is 23.3. The molecule has 3 N–H and O–H groups in total. The minimum absolute atomic E-state index is 0.507. The van der Waals surface area contributed by atoms with Gasteiger partial charge in [0.25, 0.3) is 0 Å². The van der Waals surface area contributed by atoms with Crippen molar-refractivity contribution in [2.24, 2.45) is 20.4 Å². The molecular formula is C34H29N7S. The molecule has 0 amide bonds. The van der Waals surface area contributed by atoms with Crippen molar-refractivity contribution >= 4 is 27.7 Å². The number of nitrogens with zero attached hydrogens (tertiary/aromatic N) is 5. The summed E-state index contributed by atoms with van der Waals surface area (Å²) in [4.78, 5) is 4.12. The van der Waals surface area contributed by atoms with Gasteiger partial charge in [-0.1, -0.05) is 121 Å². The van der Waals surface area contributed by atoms with Crippen LogP contribution in [0.3, 0.4) is 0 Å². The Morgan fingerprint density at radius 1 is 0.714 bits per heavy atom. The molecule has 206 valence electrons. The van der Waals surface area contributed by atoms with Gasteiger partial charge in [0.15, 0.2) is 5.00 Å². The van der Waals surface area contributed by atoms with E-state index in [0.29, 0.717) is 9.80 Å². The van der Waals surface area contributed by atoms with E-state index >= 15 is 0 Å². The van der Waals surface area contributed by atoms with Gasteiger partial charge in [-0.05, 0) is 37.1 Å². The summed E-state index contributed by atoms with van der Waals surface area (Å²) in [5.74, 6) is 6.62. The van der Waals surface area contributed by atoms with Crippen LogP contribution in [0.2, 0.25) is 0 Å². The molecule has 0 atom stereocenters. The van der Waals surface area contributed by atoms with E-state index < -0.39 is 0 Å². The summed E-state index contributed by atoms with van der Waals surface area (Å²) in [5.41, 5.74) is 9.53. The summed E-state index contributed by atoms with van der Waals surface area (Å²) in [7, 11) is 0. The molecule has 0 aliphatic heterocycles. The van der Waals surface area contributed by atoms with Gasteiger partial charge in [-0.25, -0.2) is 4.68 Å². The fourth-order valence-electron chi connectivity index (χ4n) is 4.94. The Labute approximate surface area is 248 Å². The number of azo groups is 1. The van der Waals surface area contributed by atoms with Crippen LogP contribution in [0.5, 0.6) is 0 Å². The Morgan fingerprint density at radius 2 is 1.26 bits per heavy atom. The number of thiazole rings is 1. The minimum atomic E-state index is 0.507. The highest BCUT2D eigenvalue weighted by Gasteiger charge is 2.20. The first-order valence-corrected chi connectivity index (χ1v) is 14.4. The molecule has 0 saturated heterocycles. The lowest BCUT2D eigenvalue weighted by Crippen LogP contribution is -2.23. The summed E-state index contributed by atoms with van der Waals surface area (Å²) in [5, 5.41) is 19.0. The van der Waals surface area contributed by atoms with E-state index in [0.717, 1.165) is 56.3 Å². The van der Waals surface area contributed by atoms with E-state index in [9.17, 15) is 0 Å². The molecular weight excluding hydrogens is 538 g/mol. The molecule has 0 aliphatic rings. The van der Waals surface area contributed by atoms with Gasteiger partial charge in [0.05, 0.1) is 17.1 Å². The van der Waals surface area contributed by atoms with Crippen molar-refractivity contribution < 1.29 is 0 Å². The van der Waals surface area contributed by atoms with Gasteiger partial charge in [-0.2, -0.15) is 5.10 Å². The largest absolute Gasteiger partial charge is 0.358 e. The molecule has 0 aliphatic carbocycles. The van der Waals surface area contributed by atoms with Gasteiger partial charge < -0.3 is 10.8 Å². The van der Waals surface area contributed by atoms with Crippen molar-refractivity contribution in [1.82, 2.24) is 9.66 Å². The van der Waals surface area contributed by atoms with Crippen LogP contribution >= 0.6 is 11.3 Å². The summed E-state index contributed by atoms with van der Waals surface area (Å²) in [6.45, 7) is 4.04. The zero-order valence-corrected chi connectivity index (χ0v) is 24.1. The number of nitrogen functional groups attached to an aromatic ring is 1. The van der Waals surface area contributed by atoms with Crippen molar-refractivity contribution in [3.63, 3.8) is 0 Å². The molecule has 0 radical (unpaired) electrons. The van der Waals surface area contributed by atoms with Crippen LogP contribution in [0, 0.1) is 6.92 Å². The Bertz CT molecular complexity index is 1930. The number of H-pyrrole nitrogens is 1. The maximum Gasteiger partial charge on any atom is 0.231 e. The first-order valence-electron chi connectivity index (χ1n) is 13.6. The van der Waals surface area contributed by atoms with Crippen molar-refractivity contribution in [1.29, 1.82) is 0 Å². The average Bonchev–Trinajstić information content (AvgIpc) is 3.56. The third-order valence-electron chi connectivity index (χ3n) is 6.86. The number of rotatable bonds is 7. The molecule has 6 aromatic rings. The molecule has 0 spiro atoms. The highest BCUT2D eigenvalue weighted by Crippen LogP contribution is 2.37. The summed E-state index contributed by atoms with van der Waals surface area (Å²) in [6.07, 6.45) is 0. The Balaban J connectivity index is 1.48. The second-order valence-electron chi connectivity index (χ2n) is 9.70. The first kappa shape index (κ1) is 26.9. The van der Waals surface area contributed by atoms with Gasteiger partial charge >= 0.3 is 0 Å². The number of nitrogens with two attached hydrogens (primary N) is 1. The van der Waals surface area contributed by atoms with Crippen LogP contribution in [0.25, 0.3) is 33.6 Å². The molecule has 6 rings (SSSR count). The fourth-order valence-corrected chi connectivity index (χ4v) is 5.77. The highest BCUT2D eigenvalue weighted by atomic mass is 32.1. The lowest BCUT2D eigenvalue weighted by atomic mass is 9.95. The molecule has 7 nitrogen and oxygen atoms in total. The van der Waals surface area contributed by atoms with Crippen molar-refractivity contribution in [3.05, 3.63) is 137 Å². The van der Waals surface area contributed by atoms with Crippen LogP contribution in [0.1, 0.15) is 18.2 Å². The lowest BCUT2D eigenvalue weighted by molar-refractivity contribution is 0.927. The molecule has 0 bridgehead atoms. The molecule has 0 fully saturated rings. The monoisotopic (exact) mass is 567 g/mol. The zero-order chi connectivity index (χ0) is 28.9. The fraction of sp³-hybridized carbons (Fsp3) is 0.0588. The maximum atomic E-state index is 6.62. The van der Waals surface area contributed by atoms with Crippen molar-refractivity contribution in [3.8, 4) is 33.6 Å². The third-order valence-corrected chi connectivity index (χ3v) is 7.79. The molecule has 0 unspecified atom stereocenters. The normalized spacial score (nSPS) is 12.3. The maximum absolute atomic E-state index is 6.62. The van der Waals surface area contributed by atoms with Gasteiger partial charge in [0.2, 0.25) is 4.80 Å². The number of aromatic amines is 1. The second-order valence-corrected chi connectivity index (χ2v) is 10.7. The molecule has 8 heteroatoms. The van der Waals surface area contributed by atoms with E-state index in [1.807, 2.05) is 104 Å². The molecule has 0 saturated carbocycles. The van der Waals surface area contributed by atoms with Crippen molar-refractivity contribution in [2.75, 3.05) is 5.84 Å². The third kappa shape index (κ3) is 5.48. The number of nitrogens with one attached hydrogen (secondary N) is 1. The van der Waals surface area contributed by atoms with Crippen LogP contribution in [-0.2, 0) is 0 Å². The molecule has 2 heterocycles. The van der Waals surface area contributed by atoms with Crippen LogP contribution in [0.4, 0.5) is 10.7 Å². The number of hydrogen-bond donors (Lipinski definition) is 2. The van der Waals surface area contributed by atoms with E-state index in [4.69, 9.17) is 10.9 Å². The SMILES string of the molecule is CC(=NN=c1sc(N=Nc2ccccc2)c(-c2ccccc2)n1N)c1c(C)[nH]c(-c2ccccc2)c1-c1ccccc1. The predicted octanol–water partition coefficient (Wildman–Crippen LogP) is 8.64. The van der Waals surface area contributed by atoms with Gasteiger partial charge in [-0.15, -0.1) is 15.3 Å². The number of aromatic nitrogens is 2. The quantitative estimate of drug-likeness (QED) is 0.0858. The minimum Gasteiger partial charge on any atom is -0.358 e. The predicted molar refractivity (Wildman–Crippen MR) is 173 cm³/mol. The van der Waals surface area contributed by atoms with Gasteiger partial charge in [-0.3, -0.25) is 0 Å². The number of aryl methyl sites for hydroxylation is 1. The standard InChI is InChI=1S/C34H29N7S/c1-23-29(30(25-15-7-3-8-16-25)31(36-23)26-17-9-4-10-18-26)24(2)37-40-34-41(35)32(27-19-11-5-12-20-27)33(42-34)39-38-28-21-13-6-14-22-28/h3-22,36H,35H2,1-2H3. The average molecular weight is 568 g/mol. The smallest absolute Gasteiger partial charge is 0.231 e. The number of benzene rings is 4. The van der Waals surface area contributed by atoms with E-state index in [1.165, 1.54) is 16.0 Å². The summed E-state index contributed by atoms with van der Waals surface area (Å²) < 4.78 is 1.54. The number of hydrogen-bond acceptors (Lipinski definition) is 6. The summed E-state index contributed by atoms with van der Waals surface area (Å²) in [6, 6.07) is 40.2. The van der Waals surface area contributed by atoms with E-state index in [2.05, 4.69) is 51.5 Å². The van der Waals surface area contributed by atoms with Crippen molar-refractivity contribution in [2.45, 2.75) is 13.8 Å². The van der Waals surface area contributed by atoms with Crippen LogP contribution < -0.4 is 10.6 Å². The summed E-state index contributed by atoms with van der Waals surface area (Å²) >= 11 is 1.34. The van der Waals surface area contributed by atoms with Crippen LogP contribution in [0.15, 0.2) is 142 Å². The second kappa shape index (κ2) is 12.0. The van der Waals surface area contributed by atoms with E-state index in [-0.39, 0.29) is 0 Å². The Morgan fingerprint density at radius 3 is 1.88 bits per heavy atom. The lowest BCUT2D eigenvalue weighted by Gasteiger charge is -2.08. The highest BCUT2D eigenvalue weighted by molar-refractivity contribution is 7.13. The molecule has 42 heavy (non-hydrogen) atoms. The Kier molecular flexibility index (Phi) is 7.70. The van der Waals surface area contributed by atoms with Gasteiger partial charge in [0.1, 0.15) is 5.69 Å². The topological polar surface area (TPSA) is 96.2 Å². The van der Waals surface area contributed by atoms with Gasteiger partial charge in [0, 0.05) is 22.4 Å². The molecule has 4 aromatic carbocycles. The first-order chi connectivity index (χ1) is 20.6. The molecule has 2 aromatic heterocycles. The van der Waals surface area contributed by atoms with E-state index in [1.54, 1.807) is 0 Å². The Hall–Kier alpha value is -5.34. The van der Waals surface area contributed by atoms with Crippen LogP contribution in [-0.4, -0.2) is 15.4 Å².